The Bertz CT molecular complexity index is 525. The summed E-state index contributed by atoms with van der Waals surface area (Å²) < 4.78 is 0. The number of Topliss-reactive ketones (excluding diaryl/α,β-unsaturated/α-hetero) is 1. The van der Waals surface area contributed by atoms with Crippen molar-refractivity contribution in [3.63, 3.8) is 0 Å². The van der Waals surface area contributed by atoms with Crippen LogP contribution in [-0.2, 0) is 4.79 Å². The summed E-state index contributed by atoms with van der Waals surface area (Å²) in [5.74, 6) is -0.848. The number of carbonyl (C=O) groups is 2. The maximum Gasteiger partial charge on any atom is 0.299 e. The van der Waals surface area contributed by atoms with Crippen LogP contribution >= 0.6 is 23.2 Å². The van der Waals surface area contributed by atoms with Crippen LogP contribution in [0.1, 0.15) is 10.4 Å². The first-order valence-electron chi connectivity index (χ1n) is 4.93. The number of ketones is 1. The van der Waals surface area contributed by atoms with Gasteiger partial charge < -0.3 is 4.90 Å². The molecule has 2 rings (SSSR count). The molecule has 1 aromatic carbocycles. The predicted octanol–water partition coefficient (Wildman–Crippen LogP) is 2.66. The van der Waals surface area contributed by atoms with E-state index in [1.807, 2.05) is 0 Å². The first kappa shape index (κ1) is 12.1. The van der Waals surface area contributed by atoms with Gasteiger partial charge in [0.05, 0.1) is 11.3 Å². The number of carbonyl (C=O) groups excluding carboxylic acids is 2. The van der Waals surface area contributed by atoms with Crippen LogP contribution in [0.15, 0.2) is 30.4 Å². The number of anilines is 1. The van der Waals surface area contributed by atoms with E-state index in [4.69, 9.17) is 23.2 Å². The summed E-state index contributed by atoms with van der Waals surface area (Å²) in [6.07, 6.45) is 0. The van der Waals surface area contributed by atoms with E-state index in [1.165, 1.54) is 11.0 Å². The highest BCUT2D eigenvalue weighted by molar-refractivity contribution is 6.52. The Balaban J connectivity index is 2.41. The Kier molecular flexibility index (Phi) is 3.22. The molecule has 1 aromatic rings. The molecule has 0 saturated carbocycles. The Morgan fingerprint density at radius 2 is 2.06 bits per heavy atom. The van der Waals surface area contributed by atoms with Gasteiger partial charge in [-0.2, -0.15) is 0 Å². The van der Waals surface area contributed by atoms with Crippen LogP contribution in [0.2, 0.25) is 5.02 Å². The van der Waals surface area contributed by atoms with E-state index in [0.29, 0.717) is 21.8 Å². The molecule has 0 unspecified atom stereocenters. The normalized spacial score (nSPS) is 14.1. The van der Waals surface area contributed by atoms with Crippen molar-refractivity contribution in [2.24, 2.45) is 0 Å². The van der Waals surface area contributed by atoms with E-state index < -0.39 is 11.7 Å². The zero-order valence-electron chi connectivity index (χ0n) is 8.87. The van der Waals surface area contributed by atoms with Gasteiger partial charge in [0.25, 0.3) is 11.7 Å². The fourth-order valence-electron chi connectivity index (χ4n) is 1.70. The number of hydrogen-bond acceptors (Lipinski definition) is 2. The number of amides is 1. The highest BCUT2D eigenvalue weighted by Crippen LogP contribution is 2.31. The van der Waals surface area contributed by atoms with Crippen molar-refractivity contribution in [2.75, 3.05) is 17.3 Å². The van der Waals surface area contributed by atoms with Gasteiger partial charge in [-0.05, 0) is 23.8 Å². The number of rotatable bonds is 3. The number of alkyl halides is 1. The molecular weight excluding hydrogens is 261 g/mol. The Morgan fingerprint density at radius 1 is 1.35 bits per heavy atom. The largest absolute Gasteiger partial charge is 0.301 e. The summed E-state index contributed by atoms with van der Waals surface area (Å²) in [7, 11) is 0. The van der Waals surface area contributed by atoms with Crippen molar-refractivity contribution in [3.05, 3.63) is 40.9 Å². The van der Waals surface area contributed by atoms with Crippen LogP contribution < -0.4 is 4.90 Å². The highest BCUT2D eigenvalue weighted by Gasteiger charge is 2.35. The lowest BCUT2D eigenvalue weighted by Gasteiger charge is -2.16. The molecule has 1 aliphatic rings. The zero-order valence-corrected chi connectivity index (χ0v) is 10.4. The molecule has 1 heterocycles. The SMILES string of the molecule is C=C(CCl)CN1C(=O)C(=O)c2cc(Cl)ccc21. The molecule has 0 radical (unpaired) electrons. The van der Waals surface area contributed by atoms with Crippen LogP contribution in [-0.4, -0.2) is 24.1 Å². The second-order valence-electron chi connectivity index (χ2n) is 3.77. The third-order valence-electron chi connectivity index (χ3n) is 2.50. The number of benzene rings is 1. The van der Waals surface area contributed by atoms with Gasteiger partial charge in [0.15, 0.2) is 0 Å². The van der Waals surface area contributed by atoms with E-state index in [1.54, 1.807) is 12.1 Å². The van der Waals surface area contributed by atoms with Crippen LogP contribution in [0.25, 0.3) is 0 Å². The monoisotopic (exact) mass is 269 g/mol. The van der Waals surface area contributed by atoms with Gasteiger partial charge in [-0.1, -0.05) is 18.2 Å². The minimum atomic E-state index is -0.562. The van der Waals surface area contributed by atoms with E-state index in [-0.39, 0.29) is 12.4 Å². The average molecular weight is 270 g/mol. The molecule has 17 heavy (non-hydrogen) atoms. The van der Waals surface area contributed by atoms with Gasteiger partial charge >= 0.3 is 0 Å². The van der Waals surface area contributed by atoms with Gasteiger partial charge in [-0.3, -0.25) is 9.59 Å². The molecule has 0 atom stereocenters. The summed E-state index contributed by atoms with van der Waals surface area (Å²) in [5.41, 5.74) is 1.58. The fraction of sp³-hybridized carbons (Fsp3) is 0.167. The third kappa shape index (κ3) is 2.08. The van der Waals surface area contributed by atoms with Gasteiger partial charge in [0.2, 0.25) is 0 Å². The van der Waals surface area contributed by atoms with Crippen molar-refractivity contribution in [1.82, 2.24) is 0 Å². The van der Waals surface area contributed by atoms with Crippen LogP contribution in [0.5, 0.6) is 0 Å². The van der Waals surface area contributed by atoms with E-state index in [2.05, 4.69) is 6.58 Å². The summed E-state index contributed by atoms with van der Waals surface area (Å²) in [4.78, 5) is 24.9. The Labute approximate surface area is 109 Å². The zero-order chi connectivity index (χ0) is 12.6. The molecule has 0 aliphatic carbocycles. The summed E-state index contributed by atoms with van der Waals surface area (Å²) in [6.45, 7) is 3.98. The first-order valence-corrected chi connectivity index (χ1v) is 5.84. The average Bonchev–Trinajstić information content (AvgIpc) is 2.54. The minimum absolute atomic E-state index is 0.251. The molecule has 0 fully saturated rings. The first-order chi connectivity index (χ1) is 8.04. The minimum Gasteiger partial charge on any atom is -0.301 e. The van der Waals surface area contributed by atoms with Gasteiger partial charge in [-0.15, -0.1) is 11.6 Å². The molecule has 0 spiro atoms. The summed E-state index contributed by atoms with van der Waals surface area (Å²) >= 11 is 11.4. The van der Waals surface area contributed by atoms with Crippen molar-refractivity contribution >= 4 is 40.6 Å². The standard InChI is InChI=1S/C12H9Cl2NO2/c1-7(5-13)6-15-10-3-2-8(14)4-9(10)11(16)12(15)17/h2-4H,1,5-6H2. The van der Waals surface area contributed by atoms with Crippen LogP contribution in [0, 0.1) is 0 Å². The lowest BCUT2D eigenvalue weighted by atomic mass is 10.1. The quantitative estimate of drug-likeness (QED) is 0.481. The number of fused-ring (bicyclic) bond motifs is 1. The van der Waals surface area contributed by atoms with Gasteiger partial charge in [0.1, 0.15) is 0 Å². The number of hydrogen-bond donors (Lipinski definition) is 0. The molecule has 0 aromatic heterocycles. The predicted molar refractivity (Wildman–Crippen MR) is 68.0 cm³/mol. The molecule has 1 amide bonds. The lowest BCUT2D eigenvalue weighted by molar-refractivity contribution is -0.114. The second kappa shape index (κ2) is 4.51. The fourth-order valence-corrected chi connectivity index (χ4v) is 1.95. The molecule has 3 nitrogen and oxygen atoms in total. The van der Waals surface area contributed by atoms with Gasteiger partial charge in [0, 0.05) is 17.4 Å². The molecule has 88 valence electrons. The van der Waals surface area contributed by atoms with Crippen molar-refractivity contribution < 1.29 is 9.59 Å². The lowest BCUT2D eigenvalue weighted by Crippen LogP contribution is -2.31. The molecule has 1 aliphatic heterocycles. The number of nitrogens with zero attached hydrogens (tertiary/aromatic N) is 1. The second-order valence-corrected chi connectivity index (χ2v) is 4.47. The maximum atomic E-state index is 11.8. The topological polar surface area (TPSA) is 37.4 Å². The highest BCUT2D eigenvalue weighted by atomic mass is 35.5. The van der Waals surface area contributed by atoms with E-state index >= 15 is 0 Å². The van der Waals surface area contributed by atoms with Crippen molar-refractivity contribution in [2.45, 2.75) is 0 Å². The Morgan fingerprint density at radius 3 is 2.71 bits per heavy atom. The molecule has 0 bridgehead atoms. The third-order valence-corrected chi connectivity index (χ3v) is 3.12. The molecule has 0 saturated heterocycles. The van der Waals surface area contributed by atoms with Crippen molar-refractivity contribution in [3.8, 4) is 0 Å². The van der Waals surface area contributed by atoms with Crippen molar-refractivity contribution in [1.29, 1.82) is 0 Å². The van der Waals surface area contributed by atoms with Crippen LogP contribution in [0.3, 0.4) is 0 Å². The van der Waals surface area contributed by atoms with Gasteiger partial charge in [-0.25, -0.2) is 0 Å². The summed E-state index contributed by atoms with van der Waals surface area (Å²) in [5, 5.41) is 0.433. The summed E-state index contributed by atoms with van der Waals surface area (Å²) in [6, 6.07) is 4.80. The number of halogens is 2. The molecule has 5 heteroatoms. The molecular formula is C12H9Cl2NO2. The van der Waals surface area contributed by atoms with E-state index in [0.717, 1.165) is 0 Å². The van der Waals surface area contributed by atoms with E-state index in [9.17, 15) is 9.59 Å². The van der Waals surface area contributed by atoms with Crippen LogP contribution in [0.4, 0.5) is 5.69 Å². The maximum absolute atomic E-state index is 11.8. The Hall–Kier alpha value is -1.32. The smallest absolute Gasteiger partial charge is 0.299 e. The molecule has 0 N–H and O–H groups in total.